The molecule has 1 rings (SSSR count). The maximum atomic E-state index is 12.2. The second-order valence-electron chi connectivity index (χ2n) is 4.84. The van der Waals surface area contributed by atoms with Crippen LogP contribution >= 0.6 is 0 Å². The van der Waals surface area contributed by atoms with Crippen LogP contribution in [0.2, 0.25) is 0 Å². The van der Waals surface area contributed by atoms with Crippen molar-refractivity contribution < 1.29 is 4.79 Å². The van der Waals surface area contributed by atoms with Gasteiger partial charge >= 0.3 is 0 Å². The Morgan fingerprint density at radius 2 is 2.22 bits per heavy atom. The minimum Gasteiger partial charge on any atom is -0.361 e. The Labute approximate surface area is 108 Å². The van der Waals surface area contributed by atoms with Gasteiger partial charge in [-0.05, 0) is 25.5 Å². The lowest BCUT2D eigenvalue weighted by atomic mass is 9.86. The van der Waals surface area contributed by atoms with Crippen LogP contribution in [0.15, 0.2) is 18.3 Å². The van der Waals surface area contributed by atoms with Gasteiger partial charge in [-0.3, -0.25) is 4.79 Å². The summed E-state index contributed by atoms with van der Waals surface area (Å²) in [6, 6.07) is 3.64. The van der Waals surface area contributed by atoms with E-state index in [4.69, 9.17) is 5.73 Å². The Balaban J connectivity index is 2.95. The van der Waals surface area contributed by atoms with E-state index in [1.54, 1.807) is 12.3 Å². The normalized spacial score (nSPS) is 13.8. The van der Waals surface area contributed by atoms with Gasteiger partial charge in [-0.1, -0.05) is 6.92 Å². The van der Waals surface area contributed by atoms with Crippen molar-refractivity contribution in [1.82, 2.24) is 4.98 Å². The lowest BCUT2D eigenvalue weighted by Crippen LogP contribution is -2.39. The van der Waals surface area contributed by atoms with Crippen molar-refractivity contribution in [3.05, 3.63) is 18.3 Å². The molecule has 1 amide bonds. The van der Waals surface area contributed by atoms with E-state index in [1.807, 2.05) is 38.9 Å². The average molecular weight is 250 g/mol. The molecule has 1 heterocycles. The van der Waals surface area contributed by atoms with E-state index in [2.05, 4.69) is 10.3 Å². The number of anilines is 2. The molecule has 0 radical (unpaired) electrons. The Morgan fingerprint density at radius 1 is 1.56 bits per heavy atom. The van der Waals surface area contributed by atoms with E-state index >= 15 is 0 Å². The second-order valence-corrected chi connectivity index (χ2v) is 4.84. The van der Waals surface area contributed by atoms with Crippen molar-refractivity contribution in [2.24, 2.45) is 11.1 Å². The SMILES string of the molecule is CCC(C)(CN)C(=O)Nc1cccnc1N(C)C. The van der Waals surface area contributed by atoms with E-state index < -0.39 is 5.41 Å². The van der Waals surface area contributed by atoms with Gasteiger partial charge in [-0.2, -0.15) is 0 Å². The maximum Gasteiger partial charge on any atom is 0.231 e. The van der Waals surface area contributed by atoms with Gasteiger partial charge in [-0.15, -0.1) is 0 Å². The highest BCUT2D eigenvalue weighted by molar-refractivity contribution is 5.97. The summed E-state index contributed by atoms with van der Waals surface area (Å²) < 4.78 is 0. The maximum absolute atomic E-state index is 12.2. The molecule has 0 aliphatic carbocycles. The van der Waals surface area contributed by atoms with Gasteiger partial charge in [0.05, 0.1) is 11.1 Å². The first-order valence-electron chi connectivity index (χ1n) is 6.08. The third-order valence-electron chi connectivity index (χ3n) is 3.24. The zero-order valence-corrected chi connectivity index (χ0v) is 11.5. The summed E-state index contributed by atoms with van der Waals surface area (Å²) in [6.45, 7) is 4.16. The zero-order valence-electron chi connectivity index (χ0n) is 11.5. The number of aromatic nitrogens is 1. The third kappa shape index (κ3) is 2.98. The van der Waals surface area contributed by atoms with Crippen LogP contribution in [-0.2, 0) is 4.79 Å². The van der Waals surface area contributed by atoms with E-state index in [0.717, 1.165) is 5.82 Å². The summed E-state index contributed by atoms with van der Waals surface area (Å²) in [7, 11) is 3.78. The highest BCUT2D eigenvalue weighted by atomic mass is 16.2. The fourth-order valence-electron chi connectivity index (χ4n) is 1.52. The van der Waals surface area contributed by atoms with Crippen LogP contribution in [0.5, 0.6) is 0 Å². The zero-order chi connectivity index (χ0) is 13.8. The van der Waals surface area contributed by atoms with E-state index in [9.17, 15) is 4.79 Å². The van der Waals surface area contributed by atoms with E-state index in [0.29, 0.717) is 18.7 Å². The fraction of sp³-hybridized carbons (Fsp3) is 0.538. The number of carbonyl (C=O) groups is 1. The smallest absolute Gasteiger partial charge is 0.231 e. The molecule has 0 saturated carbocycles. The Hall–Kier alpha value is -1.62. The third-order valence-corrected chi connectivity index (χ3v) is 3.24. The van der Waals surface area contributed by atoms with Crippen molar-refractivity contribution in [3.8, 4) is 0 Å². The van der Waals surface area contributed by atoms with Crippen molar-refractivity contribution in [2.45, 2.75) is 20.3 Å². The van der Waals surface area contributed by atoms with Crippen LogP contribution in [0.4, 0.5) is 11.5 Å². The molecule has 1 aromatic rings. The van der Waals surface area contributed by atoms with Crippen molar-refractivity contribution in [1.29, 1.82) is 0 Å². The van der Waals surface area contributed by atoms with E-state index in [-0.39, 0.29) is 5.91 Å². The minimum absolute atomic E-state index is 0.0661. The van der Waals surface area contributed by atoms with Crippen molar-refractivity contribution in [2.75, 3.05) is 30.9 Å². The molecular formula is C13H22N4O. The molecule has 0 saturated heterocycles. The topological polar surface area (TPSA) is 71.2 Å². The number of amides is 1. The lowest BCUT2D eigenvalue weighted by Gasteiger charge is -2.26. The summed E-state index contributed by atoms with van der Waals surface area (Å²) in [5.74, 6) is 0.671. The summed E-state index contributed by atoms with van der Waals surface area (Å²) in [6.07, 6.45) is 2.40. The summed E-state index contributed by atoms with van der Waals surface area (Å²) >= 11 is 0. The van der Waals surface area contributed by atoms with Crippen LogP contribution in [0.25, 0.3) is 0 Å². The number of nitrogens with one attached hydrogen (secondary N) is 1. The van der Waals surface area contributed by atoms with Crippen LogP contribution in [-0.4, -0.2) is 31.5 Å². The summed E-state index contributed by atoms with van der Waals surface area (Å²) in [5.41, 5.74) is 5.85. The highest BCUT2D eigenvalue weighted by Gasteiger charge is 2.30. The van der Waals surface area contributed by atoms with Gasteiger partial charge in [0.2, 0.25) is 5.91 Å². The number of hydrogen-bond acceptors (Lipinski definition) is 4. The molecule has 0 spiro atoms. The largest absolute Gasteiger partial charge is 0.361 e. The molecule has 0 aliphatic rings. The first-order chi connectivity index (χ1) is 8.44. The quantitative estimate of drug-likeness (QED) is 0.830. The van der Waals surface area contributed by atoms with Gasteiger partial charge < -0.3 is 16.0 Å². The van der Waals surface area contributed by atoms with Gasteiger partial charge in [0.1, 0.15) is 0 Å². The molecule has 1 atom stereocenters. The molecule has 0 fully saturated rings. The standard InChI is InChI=1S/C13H22N4O/c1-5-13(2,9-14)12(18)16-10-7-6-8-15-11(10)17(3)4/h6-8H,5,9,14H2,1-4H3,(H,16,18). The molecule has 5 nitrogen and oxygen atoms in total. The fourth-order valence-corrected chi connectivity index (χ4v) is 1.52. The molecule has 100 valence electrons. The summed E-state index contributed by atoms with van der Waals surface area (Å²) in [4.78, 5) is 18.3. The molecule has 0 aromatic carbocycles. The lowest BCUT2D eigenvalue weighted by molar-refractivity contribution is -0.124. The van der Waals surface area contributed by atoms with Gasteiger partial charge in [0.25, 0.3) is 0 Å². The van der Waals surface area contributed by atoms with Gasteiger partial charge in [0.15, 0.2) is 5.82 Å². The van der Waals surface area contributed by atoms with Crippen LogP contribution in [0.3, 0.4) is 0 Å². The monoisotopic (exact) mass is 250 g/mol. The van der Waals surface area contributed by atoms with Gasteiger partial charge in [-0.25, -0.2) is 4.98 Å². The number of nitrogens with two attached hydrogens (primary N) is 1. The van der Waals surface area contributed by atoms with Crippen molar-refractivity contribution >= 4 is 17.4 Å². The summed E-state index contributed by atoms with van der Waals surface area (Å²) in [5, 5.41) is 2.91. The number of rotatable bonds is 5. The molecule has 18 heavy (non-hydrogen) atoms. The Bertz CT molecular complexity index is 413. The Morgan fingerprint density at radius 3 is 2.72 bits per heavy atom. The number of nitrogens with zero attached hydrogens (tertiary/aromatic N) is 2. The minimum atomic E-state index is -0.542. The van der Waals surface area contributed by atoms with Crippen molar-refractivity contribution in [3.63, 3.8) is 0 Å². The first-order valence-corrected chi connectivity index (χ1v) is 6.08. The predicted molar refractivity (Wildman–Crippen MR) is 74.6 cm³/mol. The molecule has 1 unspecified atom stereocenters. The van der Waals surface area contributed by atoms with Gasteiger partial charge in [0, 0.05) is 26.8 Å². The van der Waals surface area contributed by atoms with Crippen LogP contribution in [0, 0.1) is 5.41 Å². The second kappa shape index (κ2) is 5.82. The molecule has 1 aromatic heterocycles. The number of carbonyl (C=O) groups excluding carboxylic acids is 1. The molecular weight excluding hydrogens is 228 g/mol. The van der Waals surface area contributed by atoms with Crippen LogP contribution < -0.4 is 16.0 Å². The molecule has 3 N–H and O–H groups in total. The van der Waals surface area contributed by atoms with E-state index in [1.165, 1.54) is 0 Å². The molecule has 5 heteroatoms. The molecule has 0 bridgehead atoms. The number of hydrogen-bond donors (Lipinski definition) is 2. The predicted octanol–water partition coefficient (Wildman–Crippen LogP) is 1.46. The first kappa shape index (κ1) is 14.4. The Kier molecular flexibility index (Phi) is 4.67. The molecule has 0 aliphatic heterocycles. The number of pyridine rings is 1. The highest BCUT2D eigenvalue weighted by Crippen LogP contribution is 2.25. The average Bonchev–Trinajstić information content (AvgIpc) is 2.38. The van der Waals surface area contributed by atoms with Crippen LogP contribution in [0.1, 0.15) is 20.3 Å².